The summed E-state index contributed by atoms with van der Waals surface area (Å²) in [5.41, 5.74) is 1.73. The van der Waals surface area contributed by atoms with Gasteiger partial charge in [0.15, 0.2) is 11.6 Å². The molecule has 0 spiro atoms. The van der Waals surface area contributed by atoms with Crippen molar-refractivity contribution in [2.75, 3.05) is 0 Å². The highest BCUT2D eigenvalue weighted by atomic mass is 32.1. The number of hydrogen-bond acceptors (Lipinski definition) is 3. The highest BCUT2D eigenvalue weighted by molar-refractivity contribution is 7.13. The number of hydrogen-bond donors (Lipinski definition) is 1. The molecule has 1 heterocycles. The number of rotatable bonds is 4. The van der Waals surface area contributed by atoms with Gasteiger partial charge in [0.2, 0.25) is 0 Å². The number of benzene rings is 2. The monoisotopic (exact) mass is 344 g/mol. The second kappa shape index (κ2) is 6.88. The van der Waals surface area contributed by atoms with Gasteiger partial charge in [0.25, 0.3) is 5.91 Å². The van der Waals surface area contributed by atoms with Crippen molar-refractivity contribution in [1.29, 1.82) is 0 Å². The van der Waals surface area contributed by atoms with Crippen LogP contribution >= 0.6 is 11.3 Å². The Labute approximate surface area is 142 Å². The molecule has 1 atom stereocenters. The topological polar surface area (TPSA) is 42.0 Å². The van der Waals surface area contributed by atoms with Crippen LogP contribution in [0.1, 0.15) is 29.0 Å². The molecule has 0 saturated heterocycles. The fourth-order valence-corrected chi connectivity index (χ4v) is 3.03. The standard InChI is InChI=1S/C18H14F2N2OS/c1-11(13-7-8-14(19)15(20)9-13)21-17(23)16-10-24-18(22-16)12-5-3-2-4-6-12/h2-11H,1H3,(H,21,23)/t11-/m1/s1. The third-order valence-corrected chi connectivity index (χ3v) is 4.44. The summed E-state index contributed by atoms with van der Waals surface area (Å²) in [4.78, 5) is 16.6. The van der Waals surface area contributed by atoms with Crippen molar-refractivity contribution in [3.63, 3.8) is 0 Å². The molecule has 0 aliphatic heterocycles. The molecule has 1 amide bonds. The fraction of sp³-hybridized carbons (Fsp3) is 0.111. The molecule has 3 nitrogen and oxygen atoms in total. The van der Waals surface area contributed by atoms with E-state index in [2.05, 4.69) is 10.3 Å². The van der Waals surface area contributed by atoms with Gasteiger partial charge in [0.05, 0.1) is 6.04 Å². The minimum absolute atomic E-state index is 0.299. The lowest BCUT2D eigenvalue weighted by atomic mass is 10.1. The summed E-state index contributed by atoms with van der Waals surface area (Å²) in [5.74, 6) is -2.21. The zero-order valence-corrected chi connectivity index (χ0v) is 13.6. The second-order valence-corrected chi connectivity index (χ2v) is 6.13. The van der Waals surface area contributed by atoms with Crippen LogP contribution < -0.4 is 5.32 Å². The van der Waals surface area contributed by atoms with Gasteiger partial charge in [-0.25, -0.2) is 13.8 Å². The van der Waals surface area contributed by atoms with Gasteiger partial charge < -0.3 is 5.32 Å². The molecule has 24 heavy (non-hydrogen) atoms. The highest BCUT2D eigenvalue weighted by Crippen LogP contribution is 2.24. The number of carbonyl (C=O) groups excluding carboxylic acids is 1. The number of thiazole rings is 1. The average molecular weight is 344 g/mol. The van der Waals surface area contributed by atoms with Crippen molar-refractivity contribution in [3.05, 3.63) is 76.8 Å². The predicted molar refractivity (Wildman–Crippen MR) is 89.8 cm³/mol. The van der Waals surface area contributed by atoms with Crippen molar-refractivity contribution in [3.8, 4) is 10.6 Å². The molecule has 1 N–H and O–H groups in total. The van der Waals surface area contributed by atoms with Crippen molar-refractivity contribution in [2.45, 2.75) is 13.0 Å². The highest BCUT2D eigenvalue weighted by Gasteiger charge is 2.16. The Morgan fingerprint density at radius 2 is 1.88 bits per heavy atom. The zero-order chi connectivity index (χ0) is 17.1. The summed E-state index contributed by atoms with van der Waals surface area (Å²) in [7, 11) is 0. The predicted octanol–water partition coefficient (Wildman–Crippen LogP) is 4.58. The van der Waals surface area contributed by atoms with E-state index in [0.717, 1.165) is 22.7 Å². The van der Waals surface area contributed by atoms with Crippen LogP contribution in [0.2, 0.25) is 0 Å². The molecule has 0 aliphatic carbocycles. The number of carbonyl (C=O) groups is 1. The quantitative estimate of drug-likeness (QED) is 0.753. The van der Waals surface area contributed by atoms with Crippen LogP contribution in [0.4, 0.5) is 8.78 Å². The Kier molecular flexibility index (Phi) is 4.66. The molecule has 0 aliphatic rings. The zero-order valence-electron chi connectivity index (χ0n) is 12.8. The summed E-state index contributed by atoms with van der Waals surface area (Å²) < 4.78 is 26.3. The molecular weight excluding hydrogens is 330 g/mol. The van der Waals surface area contributed by atoms with Gasteiger partial charge in [-0.05, 0) is 24.6 Å². The third-order valence-electron chi connectivity index (χ3n) is 3.55. The molecule has 0 radical (unpaired) electrons. The van der Waals surface area contributed by atoms with E-state index in [1.54, 1.807) is 12.3 Å². The first kappa shape index (κ1) is 16.3. The SMILES string of the molecule is C[C@@H](NC(=O)c1csc(-c2ccccc2)n1)c1ccc(F)c(F)c1. The molecule has 0 unspecified atom stereocenters. The van der Waals surface area contributed by atoms with Crippen LogP contribution in [0.25, 0.3) is 10.6 Å². The van der Waals surface area contributed by atoms with E-state index in [9.17, 15) is 13.6 Å². The van der Waals surface area contributed by atoms with E-state index in [1.807, 2.05) is 30.3 Å². The maximum atomic E-state index is 13.3. The van der Waals surface area contributed by atoms with Crippen LogP contribution in [0.3, 0.4) is 0 Å². The van der Waals surface area contributed by atoms with Gasteiger partial charge in [-0.1, -0.05) is 36.4 Å². The van der Waals surface area contributed by atoms with Crippen molar-refractivity contribution >= 4 is 17.2 Å². The minimum atomic E-state index is -0.936. The lowest BCUT2D eigenvalue weighted by molar-refractivity contribution is 0.0935. The van der Waals surface area contributed by atoms with Gasteiger partial charge >= 0.3 is 0 Å². The van der Waals surface area contributed by atoms with Gasteiger partial charge in [-0.3, -0.25) is 4.79 Å². The minimum Gasteiger partial charge on any atom is -0.344 e. The van der Waals surface area contributed by atoms with Gasteiger partial charge in [0, 0.05) is 10.9 Å². The molecule has 0 bridgehead atoms. The molecule has 3 rings (SSSR count). The number of amides is 1. The lowest BCUT2D eigenvalue weighted by Crippen LogP contribution is -2.27. The van der Waals surface area contributed by atoms with Crippen LogP contribution in [-0.2, 0) is 0 Å². The maximum Gasteiger partial charge on any atom is 0.271 e. The van der Waals surface area contributed by atoms with E-state index < -0.39 is 17.7 Å². The Hall–Kier alpha value is -2.60. The molecule has 3 aromatic rings. The molecule has 2 aromatic carbocycles. The molecule has 6 heteroatoms. The van der Waals surface area contributed by atoms with Gasteiger partial charge in [0.1, 0.15) is 10.7 Å². The Balaban J connectivity index is 1.73. The van der Waals surface area contributed by atoms with E-state index in [0.29, 0.717) is 11.3 Å². The summed E-state index contributed by atoms with van der Waals surface area (Å²) in [6.45, 7) is 1.70. The largest absolute Gasteiger partial charge is 0.344 e. The molecule has 122 valence electrons. The number of aromatic nitrogens is 1. The Bertz CT molecular complexity index is 864. The van der Waals surface area contributed by atoms with Crippen molar-refractivity contribution in [1.82, 2.24) is 10.3 Å². The summed E-state index contributed by atoms with van der Waals surface area (Å²) in [6, 6.07) is 12.7. The normalized spacial score (nSPS) is 12.0. The van der Waals surface area contributed by atoms with Crippen LogP contribution in [0.15, 0.2) is 53.9 Å². The van der Waals surface area contributed by atoms with E-state index in [-0.39, 0.29) is 5.91 Å². The summed E-state index contributed by atoms with van der Waals surface area (Å²) in [5, 5.41) is 5.17. The first-order chi connectivity index (χ1) is 11.5. The first-order valence-electron chi connectivity index (χ1n) is 7.31. The van der Waals surface area contributed by atoms with E-state index in [1.165, 1.54) is 17.4 Å². The molecular formula is C18H14F2N2OS. The number of halogens is 2. The maximum absolute atomic E-state index is 13.3. The van der Waals surface area contributed by atoms with E-state index in [4.69, 9.17) is 0 Å². The molecule has 1 aromatic heterocycles. The lowest BCUT2D eigenvalue weighted by Gasteiger charge is -2.13. The third kappa shape index (κ3) is 3.49. The van der Waals surface area contributed by atoms with Crippen LogP contribution in [-0.4, -0.2) is 10.9 Å². The molecule has 0 saturated carbocycles. The van der Waals surface area contributed by atoms with Crippen LogP contribution in [0.5, 0.6) is 0 Å². The Morgan fingerprint density at radius 1 is 1.12 bits per heavy atom. The second-order valence-electron chi connectivity index (χ2n) is 5.27. The summed E-state index contributed by atoms with van der Waals surface area (Å²) in [6.07, 6.45) is 0. The Morgan fingerprint density at radius 3 is 2.58 bits per heavy atom. The van der Waals surface area contributed by atoms with Crippen molar-refractivity contribution < 1.29 is 13.6 Å². The molecule has 0 fully saturated rings. The van der Waals surface area contributed by atoms with Gasteiger partial charge in [-0.2, -0.15) is 0 Å². The smallest absolute Gasteiger partial charge is 0.271 e. The first-order valence-corrected chi connectivity index (χ1v) is 8.19. The average Bonchev–Trinajstić information content (AvgIpc) is 3.08. The fourth-order valence-electron chi connectivity index (χ4n) is 2.23. The van der Waals surface area contributed by atoms with Gasteiger partial charge in [-0.15, -0.1) is 11.3 Å². The van der Waals surface area contributed by atoms with E-state index >= 15 is 0 Å². The summed E-state index contributed by atoms with van der Waals surface area (Å²) >= 11 is 1.38. The van der Waals surface area contributed by atoms with Crippen molar-refractivity contribution in [2.24, 2.45) is 0 Å². The van der Waals surface area contributed by atoms with Crippen LogP contribution in [0, 0.1) is 11.6 Å². The number of nitrogens with zero attached hydrogens (tertiary/aromatic N) is 1. The number of nitrogens with one attached hydrogen (secondary N) is 1.